The van der Waals surface area contributed by atoms with Crippen LogP contribution >= 0.6 is 0 Å². The van der Waals surface area contributed by atoms with Crippen LogP contribution in [0, 0.1) is 0 Å². The van der Waals surface area contributed by atoms with Gasteiger partial charge in [-0.05, 0) is 12.1 Å². The zero-order valence-electron chi connectivity index (χ0n) is 20.8. The zero-order valence-corrected chi connectivity index (χ0v) is 20.8. The second-order valence-corrected chi connectivity index (χ2v) is 7.55. The SMILES string of the molecule is C=COc1ccc(C(C)(C)c2ccc(OC=C)c(OC(=O)C=C)c2OC=C)c(OC=C)c1OC(=O)C=C. The molecule has 0 atom stereocenters. The second kappa shape index (κ2) is 12.6. The molecule has 0 aliphatic rings. The number of ether oxygens (including phenoxy) is 6. The van der Waals surface area contributed by atoms with Gasteiger partial charge in [0.05, 0.1) is 25.0 Å². The molecule has 2 aromatic carbocycles. The standard InChI is InChI=1S/C29H28O8/c1-9-23(30)36-27-21(32-11-3)17-15-19(25(27)34-13-5)29(7,8)20-16-18-22(33-12-4)28(26(20)35-14-6)37-24(31)10-2/h9-18H,1-6H2,7-8H3. The molecule has 192 valence electrons. The third-order valence-electron chi connectivity index (χ3n) is 5.06. The fourth-order valence-electron chi connectivity index (χ4n) is 3.46. The minimum Gasteiger partial charge on any atom is -0.462 e. The molecule has 2 aromatic rings. The van der Waals surface area contributed by atoms with Crippen molar-refractivity contribution in [3.63, 3.8) is 0 Å². The molecule has 0 aliphatic heterocycles. The Morgan fingerprint density at radius 1 is 0.595 bits per heavy atom. The molecule has 37 heavy (non-hydrogen) atoms. The first-order valence-electron chi connectivity index (χ1n) is 10.8. The van der Waals surface area contributed by atoms with Crippen LogP contribution in [0.1, 0.15) is 25.0 Å². The number of carbonyl (C=O) groups excluding carboxylic acids is 2. The van der Waals surface area contributed by atoms with Crippen LogP contribution in [0.25, 0.3) is 0 Å². The van der Waals surface area contributed by atoms with Crippen LogP contribution in [0.15, 0.2) is 101 Å². The molecule has 0 N–H and O–H groups in total. The van der Waals surface area contributed by atoms with Crippen molar-refractivity contribution < 1.29 is 38.0 Å². The minimum absolute atomic E-state index is 0.0219. The van der Waals surface area contributed by atoms with Gasteiger partial charge in [-0.15, -0.1) is 0 Å². The van der Waals surface area contributed by atoms with E-state index in [0.29, 0.717) is 11.1 Å². The first-order valence-corrected chi connectivity index (χ1v) is 10.8. The Morgan fingerprint density at radius 2 is 0.946 bits per heavy atom. The van der Waals surface area contributed by atoms with Gasteiger partial charge in [-0.2, -0.15) is 0 Å². The third kappa shape index (κ3) is 6.18. The normalized spacial score (nSPS) is 10.2. The lowest BCUT2D eigenvalue weighted by Gasteiger charge is -2.31. The van der Waals surface area contributed by atoms with Crippen LogP contribution in [-0.2, 0) is 15.0 Å². The highest BCUT2D eigenvalue weighted by Crippen LogP contribution is 2.52. The predicted octanol–water partition coefficient (Wildman–Crippen LogP) is 6.28. The summed E-state index contributed by atoms with van der Waals surface area (Å²) in [5.41, 5.74) is 0.117. The van der Waals surface area contributed by atoms with E-state index in [9.17, 15) is 9.59 Å². The number of esters is 2. The Labute approximate surface area is 216 Å². The van der Waals surface area contributed by atoms with Gasteiger partial charge in [-0.3, -0.25) is 0 Å². The van der Waals surface area contributed by atoms with Crippen molar-refractivity contribution in [2.24, 2.45) is 0 Å². The molecule has 0 spiro atoms. The molecule has 0 amide bonds. The summed E-state index contributed by atoms with van der Waals surface area (Å²) in [5.74, 6) is -0.918. The van der Waals surface area contributed by atoms with E-state index < -0.39 is 17.4 Å². The molecule has 0 aliphatic carbocycles. The van der Waals surface area contributed by atoms with Crippen LogP contribution in [0.5, 0.6) is 34.5 Å². The fraction of sp³-hybridized carbons (Fsp3) is 0.103. The number of carbonyl (C=O) groups is 2. The Hall–Kier alpha value is -4.98. The van der Waals surface area contributed by atoms with E-state index in [1.165, 1.54) is 25.0 Å². The number of hydrogen-bond donors (Lipinski definition) is 0. The average Bonchev–Trinajstić information content (AvgIpc) is 2.87. The topological polar surface area (TPSA) is 89.5 Å². The molecule has 0 fully saturated rings. The van der Waals surface area contributed by atoms with Gasteiger partial charge in [-0.1, -0.05) is 65.5 Å². The molecule has 0 unspecified atom stereocenters. The molecule has 0 radical (unpaired) electrons. The Balaban J connectivity index is 2.92. The summed E-state index contributed by atoms with van der Waals surface area (Å²) in [7, 11) is 0. The van der Waals surface area contributed by atoms with Crippen LogP contribution in [0.3, 0.4) is 0 Å². The van der Waals surface area contributed by atoms with Gasteiger partial charge in [-0.25, -0.2) is 9.59 Å². The molecule has 0 saturated carbocycles. The number of hydrogen-bond acceptors (Lipinski definition) is 8. The fourth-order valence-corrected chi connectivity index (χ4v) is 3.46. The maximum Gasteiger partial charge on any atom is 0.335 e. The van der Waals surface area contributed by atoms with Gasteiger partial charge in [0.1, 0.15) is 0 Å². The molecule has 0 saturated heterocycles. The van der Waals surface area contributed by atoms with E-state index in [2.05, 4.69) is 39.5 Å². The van der Waals surface area contributed by atoms with Crippen molar-refractivity contribution in [1.29, 1.82) is 0 Å². The largest absolute Gasteiger partial charge is 0.462 e. The first kappa shape index (κ1) is 28.3. The highest BCUT2D eigenvalue weighted by molar-refractivity contribution is 5.85. The van der Waals surface area contributed by atoms with Crippen molar-refractivity contribution in [3.8, 4) is 34.5 Å². The molecule has 8 heteroatoms. The highest BCUT2D eigenvalue weighted by Gasteiger charge is 2.35. The molecule has 0 aromatic heterocycles. The van der Waals surface area contributed by atoms with E-state index in [4.69, 9.17) is 28.4 Å². The quantitative estimate of drug-likeness (QED) is 0.128. The highest BCUT2D eigenvalue weighted by atomic mass is 16.6. The van der Waals surface area contributed by atoms with Crippen molar-refractivity contribution >= 4 is 11.9 Å². The van der Waals surface area contributed by atoms with Crippen molar-refractivity contribution in [2.75, 3.05) is 0 Å². The van der Waals surface area contributed by atoms with Crippen molar-refractivity contribution in [2.45, 2.75) is 19.3 Å². The lowest BCUT2D eigenvalue weighted by molar-refractivity contribution is -0.130. The molecular formula is C29H28O8. The van der Waals surface area contributed by atoms with E-state index >= 15 is 0 Å². The van der Waals surface area contributed by atoms with Gasteiger partial charge in [0, 0.05) is 28.7 Å². The molecule has 0 bridgehead atoms. The molecule has 2 rings (SSSR count). The molecular weight excluding hydrogens is 476 g/mol. The Bertz CT molecular complexity index is 1160. The van der Waals surface area contributed by atoms with Crippen LogP contribution in [0.4, 0.5) is 0 Å². The van der Waals surface area contributed by atoms with Gasteiger partial charge in [0.15, 0.2) is 23.0 Å². The maximum absolute atomic E-state index is 12.1. The Morgan fingerprint density at radius 3 is 1.24 bits per heavy atom. The summed E-state index contributed by atoms with van der Waals surface area (Å²) in [4.78, 5) is 24.3. The summed E-state index contributed by atoms with van der Waals surface area (Å²) >= 11 is 0. The summed E-state index contributed by atoms with van der Waals surface area (Å²) < 4.78 is 33.2. The zero-order chi connectivity index (χ0) is 27.6. The summed E-state index contributed by atoms with van der Waals surface area (Å²) in [6, 6.07) is 6.60. The lowest BCUT2D eigenvalue weighted by Crippen LogP contribution is -2.22. The predicted molar refractivity (Wildman–Crippen MR) is 140 cm³/mol. The molecule has 8 nitrogen and oxygen atoms in total. The first-order chi connectivity index (χ1) is 17.7. The number of benzene rings is 2. The average molecular weight is 505 g/mol. The monoisotopic (exact) mass is 504 g/mol. The van der Waals surface area contributed by atoms with E-state index in [1.54, 1.807) is 24.3 Å². The lowest BCUT2D eigenvalue weighted by atomic mass is 9.76. The Kier molecular flexibility index (Phi) is 9.66. The summed E-state index contributed by atoms with van der Waals surface area (Å²) in [6.45, 7) is 24.9. The van der Waals surface area contributed by atoms with Crippen molar-refractivity contribution in [3.05, 3.63) is 112 Å². The smallest absolute Gasteiger partial charge is 0.335 e. The van der Waals surface area contributed by atoms with Gasteiger partial charge in [0.25, 0.3) is 0 Å². The minimum atomic E-state index is -0.944. The van der Waals surface area contributed by atoms with Crippen LogP contribution in [-0.4, -0.2) is 11.9 Å². The maximum atomic E-state index is 12.1. The van der Waals surface area contributed by atoms with Gasteiger partial charge in [0.2, 0.25) is 11.5 Å². The third-order valence-corrected chi connectivity index (χ3v) is 5.06. The second-order valence-electron chi connectivity index (χ2n) is 7.55. The van der Waals surface area contributed by atoms with Gasteiger partial charge < -0.3 is 28.4 Å². The van der Waals surface area contributed by atoms with Gasteiger partial charge >= 0.3 is 11.9 Å². The number of rotatable bonds is 14. The summed E-state index contributed by atoms with van der Waals surface area (Å²) in [5, 5.41) is 0. The summed E-state index contributed by atoms with van der Waals surface area (Å²) in [6.07, 6.45) is 6.72. The van der Waals surface area contributed by atoms with Crippen LogP contribution < -0.4 is 28.4 Å². The van der Waals surface area contributed by atoms with E-state index in [0.717, 1.165) is 12.2 Å². The van der Waals surface area contributed by atoms with Crippen LogP contribution in [0.2, 0.25) is 0 Å². The molecule has 0 heterocycles. The van der Waals surface area contributed by atoms with E-state index in [-0.39, 0.29) is 34.5 Å². The van der Waals surface area contributed by atoms with E-state index in [1.807, 2.05) is 13.8 Å². The van der Waals surface area contributed by atoms with Crippen molar-refractivity contribution in [1.82, 2.24) is 0 Å².